The number of halogens is 2. The predicted molar refractivity (Wildman–Crippen MR) is 147 cm³/mol. The van der Waals surface area contributed by atoms with Crippen LogP contribution in [-0.4, -0.2) is 71.4 Å². The fourth-order valence-electron chi connectivity index (χ4n) is 5.40. The van der Waals surface area contributed by atoms with Gasteiger partial charge in [0.1, 0.15) is 18.2 Å². The number of carbonyl (C=O) groups is 1. The van der Waals surface area contributed by atoms with Gasteiger partial charge < -0.3 is 30.1 Å². The van der Waals surface area contributed by atoms with Crippen LogP contribution in [0.2, 0.25) is 5.02 Å². The molecule has 2 fully saturated rings. The number of aromatic nitrogens is 2. The minimum atomic E-state index is -0.574. The number of ether oxygens (including phenoxy) is 2. The monoisotopic (exact) mass is 557 g/mol. The minimum absolute atomic E-state index is 0.00476. The molecule has 1 saturated heterocycles. The van der Waals surface area contributed by atoms with Crippen molar-refractivity contribution in [2.24, 2.45) is 5.92 Å². The largest absolute Gasteiger partial charge is 0.493 e. The van der Waals surface area contributed by atoms with Gasteiger partial charge in [0.15, 0.2) is 17.3 Å². The van der Waals surface area contributed by atoms with Crippen LogP contribution in [0.4, 0.5) is 15.9 Å². The first-order valence-corrected chi connectivity index (χ1v) is 13.6. The van der Waals surface area contributed by atoms with Gasteiger partial charge in [0.05, 0.1) is 35.4 Å². The quantitative estimate of drug-likeness (QED) is 0.395. The molecule has 1 aliphatic heterocycles. The number of benzene rings is 2. The molecule has 1 aliphatic carbocycles. The number of likely N-dealkylation sites (N-methyl/N-ethyl adjacent to an activating group) is 1. The van der Waals surface area contributed by atoms with Crippen LogP contribution in [0.25, 0.3) is 10.9 Å². The molecule has 0 bridgehead atoms. The molecular formula is C28H33ClFN5O4. The van der Waals surface area contributed by atoms with Crippen molar-refractivity contribution in [2.75, 3.05) is 32.6 Å². The van der Waals surface area contributed by atoms with Crippen LogP contribution in [0, 0.1) is 11.7 Å². The number of hydrogen-bond acceptors (Lipinski definition) is 8. The molecule has 2 heterocycles. The van der Waals surface area contributed by atoms with Crippen LogP contribution in [0.15, 0.2) is 36.7 Å². The Morgan fingerprint density at radius 3 is 2.72 bits per heavy atom. The fourth-order valence-corrected chi connectivity index (χ4v) is 5.58. The van der Waals surface area contributed by atoms with E-state index in [0.717, 1.165) is 12.8 Å². The van der Waals surface area contributed by atoms with Gasteiger partial charge in [-0.2, -0.15) is 0 Å². The van der Waals surface area contributed by atoms with E-state index in [4.69, 9.17) is 21.1 Å². The molecule has 2 aliphatic rings. The van der Waals surface area contributed by atoms with Crippen molar-refractivity contribution in [3.63, 3.8) is 0 Å². The Labute approximate surface area is 231 Å². The lowest BCUT2D eigenvalue weighted by atomic mass is 9.91. The Kier molecular flexibility index (Phi) is 8.34. The Balaban J connectivity index is 1.35. The number of carbonyl (C=O) groups excluding carboxylic acids is 1. The van der Waals surface area contributed by atoms with Crippen LogP contribution in [0.3, 0.4) is 0 Å². The lowest BCUT2D eigenvalue weighted by Crippen LogP contribution is -2.50. The van der Waals surface area contributed by atoms with Crippen molar-refractivity contribution in [3.8, 4) is 11.5 Å². The van der Waals surface area contributed by atoms with E-state index < -0.39 is 5.82 Å². The summed E-state index contributed by atoms with van der Waals surface area (Å²) in [5.41, 5.74) is 0.783. The zero-order valence-electron chi connectivity index (χ0n) is 22.0. The van der Waals surface area contributed by atoms with Gasteiger partial charge in [0.2, 0.25) is 5.91 Å². The summed E-state index contributed by atoms with van der Waals surface area (Å²) in [5, 5.41) is 16.6. The first kappa shape index (κ1) is 27.4. The number of nitrogens with zero attached hydrogens (tertiary/aromatic N) is 3. The Morgan fingerprint density at radius 2 is 1.95 bits per heavy atom. The van der Waals surface area contributed by atoms with Crippen molar-refractivity contribution in [2.45, 2.75) is 50.4 Å². The molecular weight excluding hydrogens is 525 g/mol. The zero-order chi connectivity index (χ0) is 27.5. The highest BCUT2D eigenvalue weighted by Gasteiger charge is 2.33. The lowest BCUT2D eigenvalue weighted by Gasteiger charge is -2.36. The van der Waals surface area contributed by atoms with E-state index >= 15 is 0 Å². The topological polar surface area (TPSA) is 109 Å². The fraction of sp³-hybridized carbons (Fsp3) is 0.464. The Bertz CT molecular complexity index is 1340. The van der Waals surface area contributed by atoms with E-state index in [-0.39, 0.29) is 40.8 Å². The minimum Gasteiger partial charge on any atom is -0.493 e. The zero-order valence-corrected chi connectivity index (χ0v) is 22.7. The maximum absolute atomic E-state index is 14.6. The molecule has 1 unspecified atom stereocenters. The van der Waals surface area contributed by atoms with Gasteiger partial charge in [0, 0.05) is 30.6 Å². The highest BCUT2D eigenvalue weighted by molar-refractivity contribution is 6.31. The van der Waals surface area contributed by atoms with Gasteiger partial charge in [0.25, 0.3) is 0 Å². The van der Waals surface area contributed by atoms with Gasteiger partial charge in [-0.3, -0.25) is 4.79 Å². The molecule has 2 atom stereocenters. The maximum atomic E-state index is 14.6. The summed E-state index contributed by atoms with van der Waals surface area (Å²) in [5.74, 6) is 0.592. The van der Waals surface area contributed by atoms with Gasteiger partial charge >= 0.3 is 0 Å². The molecule has 208 valence electrons. The second-order valence-electron chi connectivity index (χ2n) is 10.4. The second kappa shape index (κ2) is 11.9. The number of piperidine rings is 1. The Hall–Kier alpha value is -3.21. The molecule has 3 aromatic rings. The number of aliphatic hydroxyl groups excluding tert-OH is 1. The van der Waals surface area contributed by atoms with E-state index in [1.165, 1.54) is 12.4 Å². The lowest BCUT2D eigenvalue weighted by molar-refractivity contribution is -0.129. The van der Waals surface area contributed by atoms with Gasteiger partial charge in [-0.1, -0.05) is 17.7 Å². The SMILES string of the molecule is COc1cc2ncnc(Nc3cccc(Cl)c3F)c2cc1OC1C[C@H](C(=O)NC2CCC(O)CC2)CN(C)C1. The summed E-state index contributed by atoms with van der Waals surface area (Å²) in [6.45, 7) is 1.29. The molecule has 0 spiro atoms. The number of fused-ring (bicyclic) bond motifs is 1. The van der Waals surface area contributed by atoms with E-state index in [9.17, 15) is 14.3 Å². The van der Waals surface area contributed by atoms with Crippen LogP contribution in [-0.2, 0) is 4.79 Å². The van der Waals surface area contributed by atoms with E-state index in [0.29, 0.717) is 60.6 Å². The summed E-state index contributed by atoms with van der Waals surface area (Å²) >= 11 is 5.95. The summed E-state index contributed by atoms with van der Waals surface area (Å²) in [4.78, 5) is 23.9. The van der Waals surface area contributed by atoms with Crippen molar-refractivity contribution >= 4 is 39.9 Å². The third-order valence-electron chi connectivity index (χ3n) is 7.43. The van der Waals surface area contributed by atoms with Crippen LogP contribution in [0.5, 0.6) is 11.5 Å². The molecule has 9 nitrogen and oxygen atoms in total. The standard InChI is InChI=1S/C28H33ClFN5O4/c1-35-13-16(28(37)33-17-6-8-18(36)9-7-17)10-19(14-35)39-25-11-20-23(12-24(25)38-2)31-15-32-27(20)34-22-5-3-4-21(29)26(22)30/h3-5,11-12,15-19,36H,6-10,13-14H2,1-2H3,(H,33,37)(H,31,32,34)/t16-,17?,18?,19?/m0/s1. The van der Waals surface area contributed by atoms with Crippen molar-refractivity contribution < 1.29 is 23.8 Å². The molecule has 1 amide bonds. The van der Waals surface area contributed by atoms with Crippen LogP contribution >= 0.6 is 11.6 Å². The average molecular weight is 558 g/mol. The molecule has 11 heteroatoms. The molecule has 1 aromatic heterocycles. The van der Waals surface area contributed by atoms with Crippen molar-refractivity contribution in [1.29, 1.82) is 0 Å². The first-order chi connectivity index (χ1) is 18.8. The summed E-state index contributed by atoms with van der Waals surface area (Å²) in [6, 6.07) is 8.33. The highest BCUT2D eigenvalue weighted by atomic mass is 35.5. The third-order valence-corrected chi connectivity index (χ3v) is 7.72. The third kappa shape index (κ3) is 6.34. The molecule has 0 radical (unpaired) electrons. The van der Waals surface area contributed by atoms with Gasteiger partial charge in [-0.15, -0.1) is 0 Å². The molecule has 5 rings (SSSR count). The number of likely N-dealkylation sites (tertiary alicyclic amines) is 1. The van der Waals surface area contributed by atoms with Gasteiger partial charge in [-0.25, -0.2) is 14.4 Å². The second-order valence-corrected chi connectivity index (χ2v) is 10.8. The van der Waals surface area contributed by atoms with E-state index in [1.807, 2.05) is 7.05 Å². The number of anilines is 2. The van der Waals surface area contributed by atoms with E-state index in [2.05, 4.69) is 25.5 Å². The number of amides is 1. The molecule has 3 N–H and O–H groups in total. The molecule has 1 saturated carbocycles. The summed E-state index contributed by atoms with van der Waals surface area (Å²) < 4.78 is 26.6. The number of nitrogens with one attached hydrogen (secondary N) is 2. The number of rotatable bonds is 7. The number of hydrogen-bond donors (Lipinski definition) is 3. The predicted octanol–water partition coefficient (Wildman–Crippen LogP) is 4.29. The summed E-state index contributed by atoms with van der Waals surface area (Å²) in [7, 11) is 3.53. The van der Waals surface area contributed by atoms with Crippen molar-refractivity contribution in [1.82, 2.24) is 20.2 Å². The van der Waals surface area contributed by atoms with Gasteiger partial charge in [-0.05, 0) is 57.4 Å². The normalized spacial score (nSPS) is 23.8. The summed E-state index contributed by atoms with van der Waals surface area (Å²) in [6.07, 6.45) is 4.43. The number of methoxy groups -OCH3 is 1. The first-order valence-electron chi connectivity index (χ1n) is 13.2. The van der Waals surface area contributed by atoms with E-state index in [1.54, 1.807) is 31.4 Å². The highest BCUT2D eigenvalue weighted by Crippen LogP contribution is 2.37. The maximum Gasteiger partial charge on any atom is 0.224 e. The van der Waals surface area contributed by atoms with Crippen LogP contribution in [0.1, 0.15) is 32.1 Å². The molecule has 39 heavy (non-hydrogen) atoms. The number of aliphatic hydroxyl groups is 1. The molecule has 2 aromatic carbocycles. The average Bonchev–Trinajstić information content (AvgIpc) is 2.92. The Morgan fingerprint density at radius 1 is 1.15 bits per heavy atom. The smallest absolute Gasteiger partial charge is 0.224 e. The van der Waals surface area contributed by atoms with Crippen LogP contribution < -0.4 is 20.1 Å². The van der Waals surface area contributed by atoms with Crippen molar-refractivity contribution in [3.05, 3.63) is 47.5 Å².